The van der Waals surface area contributed by atoms with Crippen LogP contribution in [0.4, 0.5) is 17.1 Å². The summed E-state index contributed by atoms with van der Waals surface area (Å²) in [4.78, 5) is 35.1. The Morgan fingerprint density at radius 2 is 1.72 bits per heavy atom. The zero-order valence-corrected chi connectivity index (χ0v) is 13.6. The van der Waals surface area contributed by atoms with Gasteiger partial charge in [-0.15, -0.1) is 0 Å². The topological polar surface area (TPSA) is 116 Å². The summed E-state index contributed by atoms with van der Waals surface area (Å²) in [6, 6.07) is 1.95. The van der Waals surface area contributed by atoms with Gasteiger partial charge >= 0.3 is 5.97 Å². The normalized spacial score (nSPS) is 21.7. The molecule has 9 nitrogen and oxygen atoms in total. The first-order chi connectivity index (χ1) is 11.9. The maximum absolute atomic E-state index is 12.1. The third-order valence-corrected chi connectivity index (χ3v) is 4.82. The van der Waals surface area contributed by atoms with E-state index >= 15 is 0 Å². The molecule has 1 aliphatic carbocycles. The van der Waals surface area contributed by atoms with Gasteiger partial charge in [0.15, 0.2) is 0 Å². The van der Waals surface area contributed by atoms with E-state index in [1.165, 1.54) is 0 Å². The van der Waals surface area contributed by atoms with Crippen molar-refractivity contribution in [2.75, 3.05) is 25.1 Å². The van der Waals surface area contributed by atoms with Gasteiger partial charge in [-0.2, -0.15) is 0 Å². The summed E-state index contributed by atoms with van der Waals surface area (Å²) in [5.41, 5.74) is -0.984. The standard InChI is InChI=1S/C16H17N3O6/c1-25-16(20)13-6-12(18(21)22)7-14(19(23)24)15(13)17-8-10-4-2-3-5-11(10)9-17/h2-3,6-7,10-11H,4-5,8-9H2,1H3. The third-order valence-electron chi connectivity index (χ3n) is 4.82. The second-order valence-electron chi connectivity index (χ2n) is 6.23. The molecule has 0 radical (unpaired) electrons. The SMILES string of the molecule is COC(=O)c1cc([N+](=O)[O-])cc([N+](=O)[O-])c1N1CC2CC=CCC2C1. The molecule has 2 unspecified atom stereocenters. The monoisotopic (exact) mass is 347 g/mol. The van der Waals surface area contributed by atoms with Crippen molar-refractivity contribution < 1.29 is 19.4 Å². The number of esters is 1. The minimum absolute atomic E-state index is 0.108. The van der Waals surface area contributed by atoms with E-state index in [1.54, 1.807) is 4.90 Å². The van der Waals surface area contributed by atoms with Crippen LogP contribution in [0.3, 0.4) is 0 Å². The van der Waals surface area contributed by atoms with Gasteiger partial charge in [0.1, 0.15) is 5.69 Å². The number of ether oxygens (including phenoxy) is 1. The largest absolute Gasteiger partial charge is 0.465 e. The predicted molar refractivity (Wildman–Crippen MR) is 88.7 cm³/mol. The highest BCUT2D eigenvalue weighted by molar-refractivity contribution is 5.99. The highest BCUT2D eigenvalue weighted by atomic mass is 16.6. The van der Waals surface area contributed by atoms with Gasteiger partial charge in [-0.05, 0) is 24.7 Å². The van der Waals surface area contributed by atoms with E-state index in [0.29, 0.717) is 24.9 Å². The Balaban J connectivity index is 2.11. The first kappa shape index (κ1) is 16.9. The van der Waals surface area contributed by atoms with Crippen molar-refractivity contribution in [3.05, 3.63) is 50.1 Å². The Kier molecular flexibility index (Phi) is 4.39. The summed E-state index contributed by atoms with van der Waals surface area (Å²) < 4.78 is 4.70. The lowest BCUT2D eigenvalue weighted by Crippen LogP contribution is -2.24. The lowest BCUT2D eigenvalue weighted by Gasteiger charge is -2.21. The van der Waals surface area contributed by atoms with Gasteiger partial charge < -0.3 is 9.64 Å². The molecule has 0 saturated carbocycles. The van der Waals surface area contributed by atoms with Crippen LogP contribution in [0.1, 0.15) is 23.2 Å². The molecule has 3 rings (SSSR count). The molecule has 0 amide bonds. The second-order valence-corrected chi connectivity index (χ2v) is 6.23. The summed E-state index contributed by atoms with van der Waals surface area (Å²) in [7, 11) is 1.14. The summed E-state index contributed by atoms with van der Waals surface area (Å²) in [6.45, 7) is 1.13. The molecular weight excluding hydrogens is 330 g/mol. The Morgan fingerprint density at radius 1 is 1.12 bits per heavy atom. The predicted octanol–water partition coefficient (Wildman–Crippen LogP) is 2.69. The van der Waals surface area contributed by atoms with E-state index in [4.69, 9.17) is 4.74 Å². The molecule has 1 saturated heterocycles. The molecule has 1 fully saturated rings. The highest BCUT2D eigenvalue weighted by Crippen LogP contribution is 2.42. The van der Waals surface area contributed by atoms with E-state index in [0.717, 1.165) is 32.1 Å². The molecule has 1 heterocycles. The maximum Gasteiger partial charge on any atom is 0.340 e. The van der Waals surface area contributed by atoms with Crippen LogP contribution < -0.4 is 4.90 Å². The number of rotatable bonds is 4. The number of non-ortho nitro benzene ring substituents is 1. The van der Waals surface area contributed by atoms with Crippen molar-refractivity contribution in [1.82, 2.24) is 0 Å². The number of nitro benzene ring substituents is 2. The molecule has 25 heavy (non-hydrogen) atoms. The number of allylic oxidation sites excluding steroid dienone is 2. The zero-order valence-electron chi connectivity index (χ0n) is 13.6. The van der Waals surface area contributed by atoms with Crippen LogP contribution in [-0.2, 0) is 4.74 Å². The molecule has 0 aromatic heterocycles. The lowest BCUT2D eigenvalue weighted by atomic mass is 9.86. The van der Waals surface area contributed by atoms with Crippen LogP contribution >= 0.6 is 0 Å². The summed E-state index contributed by atoms with van der Waals surface area (Å²) in [6.07, 6.45) is 5.96. The van der Waals surface area contributed by atoms with Crippen LogP contribution in [0.25, 0.3) is 0 Å². The molecule has 2 atom stereocenters. The summed E-state index contributed by atoms with van der Waals surface area (Å²) in [5.74, 6) is -0.120. The van der Waals surface area contributed by atoms with Crippen molar-refractivity contribution in [1.29, 1.82) is 0 Å². The van der Waals surface area contributed by atoms with Crippen LogP contribution in [0.15, 0.2) is 24.3 Å². The number of nitro groups is 2. The third kappa shape index (κ3) is 3.04. The van der Waals surface area contributed by atoms with Gasteiger partial charge in [-0.1, -0.05) is 12.2 Å². The average Bonchev–Trinajstić information content (AvgIpc) is 3.03. The molecule has 132 valence electrons. The fourth-order valence-corrected chi connectivity index (χ4v) is 3.64. The van der Waals surface area contributed by atoms with Crippen molar-refractivity contribution in [3.8, 4) is 0 Å². The molecule has 0 N–H and O–H groups in total. The zero-order chi connectivity index (χ0) is 18.1. The number of hydrogen-bond acceptors (Lipinski definition) is 7. The molecule has 0 bridgehead atoms. The summed E-state index contributed by atoms with van der Waals surface area (Å²) >= 11 is 0. The molecule has 1 aliphatic heterocycles. The Bertz CT molecular complexity index is 759. The molecular formula is C16H17N3O6. The van der Waals surface area contributed by atoms with E-state index in [9.17, 15) is 25.0 Å². The second kappa shape index (κ2) is 6.50. The summed E-state index contributed by atoms with van der Waals surface area (Å²) in [5, 5.41) is 22.6. The number of benzene rings is 1. The van der Waals surface area contributed by atoms with Crippen LogP contribution in [0.2, 0.25) is 0 Å². The molecule has 0 spiro atoms. The van der Waals surface area contributed by atoms with Crippen molar-refractivity contribution in [2.45, 2.75) is 12.8 Å². The van der Waals surface area contributed by atoms with E-state index < -0.39 is 27.2 Å². The number of carbonyl (C=O) groups is 1. The molecule has 1 aromatic carbocycles. The van der Waals surface area contributed by atoms with E-state index in [2.05, 4.69) is 12.2 Å². The van der Waals surface area contributed by atoms with E-state index in [1.807, 2.05) is 0 Å². The molecule has 1 aromatic rings. The van der Waals surface area contributed by atoms with Gasteiger partial charge in [0.2, 0.25) is 0 Å². The highest BCUT2D eigenvalue weighted by Gasteiger charge is 2.39. The van der Waals surface area contributed by atoms with E-state index in [-0.39, 0.29) is 11.3 Å². The van der Waals surface area contributed by atoms with Crippen LogP contribution in [-0.4, -0.2) is 36.0 Å². The van der Waals surface area contributed by atoms with Crippen molar-refractivity contribution >= 4 is 23.0 Å². The Labute approximate surface area is 143 Å². The smallest absolute Gasteiger partial charge is 0.340 e. The van der Waals surface area contributed by atoms with Crippen LogP contribution in [0.5, 0.6) is 0 Å². The number of methoxy groups -OCH3 is 1. The Morgan fingerprint density at radius 3 is 2.20 bits per heavy atom. The minimum atomic E-state index is -0.824. The average molecular weight is 347 g/mol. The first-order valence-corrected chi connectivity index (χ1v) is 7.87. The van der Waals surface area contributed by atoms with Gasteiger partial charge in [-0.25, -0.2) is 4.79 Å². The maximum atomic E-state index is 12.1. The van der Waals surface area contributed by atoms with Gasteiger partial charge in [0.25, 0.3) is 11.4 Å². The number of nitrogens with zero attached hydrogens (tertiary/aromatic N) is 3. The fraction of sp³-hybridized carbons (Fsp3) is 0.438. The number of fused-ring (bicyclic) bond motifs is 1. The number of carbonyl (C=O) groups excluding carboxylic acids is 1. The Hall–Kier alpha value is -2.97. The minimum Gasteiger partial charge on any atom is -0.465 e. The lowest BCUT2D eigenvalue weighted by molar-refractivity contribution is -0.393. The fourth-order valence-electron chi connectivity index (χ4n) is 3.64. The first-order valence-electron chi connectivity index (χ1n) is 7.87. The van der Waals surface area contributed by atoms with Crippen LogP contribution in [0, 0.1) is 32.1 Å². The molecule has 9 heteroatoms. The molecule has 2 aliphatic rings. The van der Waals surface area contributed by atoms with Gasteiger partial charge in [0, 0.05) is 19.2 Å². The van der Waals surface area contributed by atoms with Crippen molar-refractivity contribution in [3.63, 3.8) is 0 Å². The van der Waals surface area contributed by atoms with Crippen molar-refractivity contribution in [2.24, 2.45) is 11.8 Å². The number of hydrogen-bond donors (Lipinski definition) is 0. The number of anilines is 1. The van der Waals surface area contributed by atoms with Gasteiger partial charge in [-0.3, -0.25) is 20.2 Å². The quantitative estimate of drug-likeness (QED) is 0.356. The van der Waals surface area contributed by atoms with Gasteiger partial charge in [0.05, 0.1) is 28.6 Å².